The van der Waals surface area contributed by atoms with Gasteiger partial charge in [-0.1, -0.05) is 26.5 Å². The van der Waals surface area contributed by atoms with E-state index in [2.05, 4.69) is 18.8 Å². The maximum Gasteiger partial charge on any atom is 2.00 e. The second kappa shape index (κ2) is 12.1. The monoisotopic (exact) mass is 614 g/mol. The van der Waals surface area contributed by atoms with Crippen LogP contribution in [0.25, 0.3) is 0 Å². The molecule has 0 unspecified atom stereocenters. The molecule has 0 radical (unpaired) electrons. The van der Waals surface area contributed by atoms with E-state index in [1.807, 2.05) is 45.9 Å². The smallest absolute Gasteiger partial charge is 0.874 e. The number of aliphatic carboxylic acids is 1. The van der Waals surface area contributed by atoms with E-state index >= 15 is 0 Å². The van der Waals surface area contributed by atoms with Gasteiger partial charge in [-0.15, -0.1) is 5.76 Å². The summed E-state index contributed by atoms with van der Waals surface area (Å²) in [6.45, 7) is 14.0. The molecule has 0 aromatic rings. The quantitative estimate of drug-likeness (QED) is 0.360. The number of nitrogens with one attached hydrogen (secondary N) is 1. The van der Waals surface area contributed by atoms with Crippen molar-refractivity contribution in [3.05, 3.63) is 104 Å². The van der Waals surface area contributed by atoms with Crippen molar-refractivity contribution >= 4 is 52.1 Å². The first-order valence-electron chi connectivity index (χ1n) is 14.9. The molecule has 3 atom stereocenters. The number of carbonyl (C=O) groups is 2. The number of ether oxygens (including phenoxy) is 1. The van der Waals surface area contributed by atoms with Crippen LogP contribution in [-0.2, 0) is 14.3 Å². The van der Waals surface area contributed by atoms with Crippen molar-refractivity contribution in [1.82, 2.24) is 5.32 Å². The Balaban J connectivity index is 0.00000400. The van der Waals surface area contributed by atoms with Crippen molar-refractivity contribution in [1.29, 1.82) is 0 Å². The van der Waals surface area contributed by atoms with Crippen LogP contribution in [0.2, 0.25) is 0 Å². The number of rotatable bonds is 6. The third kappa shape index (κ3) is 5.04. The van der Waals surface area contributed by atoms with E-state index in [-0.39, 0.29) is 53.5 Å². The fraction of sp³-hybridized carbons (Fsp3) is 0.343. The summed E-state index contributed by atoms with van der Waals surface area (Å²) in [5.74, 6) is -3.98. The number of esters is 1. The van der Waals surface area contributed by atoms with Crippen LogP contribution in [-0.4, -0.2) is 59.2 Å². The van der Waals surface area contributed by atoms with E-state index in [9.17, 15) is 19.8 Å². The molecule has 0 aromatic heterocycles. The number of carboxylic acids is 1. The first-order valence-corrected chi connectivity index (χ1v) is 14.9. The maximum atomic E-state index is 14.0. The Morgan fingerprint density at radius 1 is 1.04 bits per heavy atom. The van der Waals surface area contributed by atoms with Gasteiger partial charge in [-0.2, -0.15) is 0 Å². The summed E-state index contributed by atoms with van der Waals surface area (Å²) in [5.41, 5.74) is 10.9. The topological polar surface area (TPSA) is 139 Å². The minimum atomic E-state index is -1.21. The number of allylic oxidation sites excluding steroid dienone is 11. The van der Waals surface area contributed by atoms with Gasteiger partial charge in [0.2, 0.25) is 0 Å². The summed E-state index contributed by atoms with van der Waals surface area (Å²) in [5, 5.41) is 29.1. The standard InChI is InChI=1S/C35H36N4O5.Mg/c1-8-19-15(3)22-12-24-17(5)21(10-11-28(40)41)32(38-24)30-31(35(43)44-7)34(42)29-18(6)25(39-33(29)30)14-27-20(9-2)16(4)23(37-27)13-26(19)36-22;/h8,12-14,17,21,31,38,42H,1,9-11H2,2-7H3,(H,40,41);/q;+2/p-2/t17-,21-,31+;/m0./s1. The van der Waals surface area contributed by atoms with Crippen LogP contribution >= 0.6 is 0 Å². The fourth-order valence-electron chi connectivity index (χ4n) is 7.02. The molecule has 0 saturated carbocycles. The molecule has 0 spiro atoms. The Kier molecular flexibility index (Phi) is 8.67. The molecule has 8 bridgehead atoms. The largest absolute Gasteiger partial charge is 2.00 e. The molecule has 9 nitrogen and oxygen atoms in total. The minimum absolute atomic E-state index is 0. The molecule has 5 heterocycles. The fourth-order valence-corrected chi connectivity index (χ4v) is 7.02. The zero-order chi connectivity index (χ0) is 31.6. The average Bonchev–Trinajstić information content (AvgIpc) is 3.72. The summed E-state index contributed by atoms with van der Waals surface area (Å²) in [6.07, 6.45) is 8.44. The summed E-state index contributed by atoms with van der Waals surface area (Å²) < 4.78 is 5.12. The molecule has 6 rings (SSSR count). The third-order valence-corrected chi connectivity index (χ3v) is 9.50. The molecular weight excluding hydrogens is 581 g/mol. The Labute approximate surface area is 278 Å². The molecule has 45 heavy (non-hydrogen) atoms. The van der Waals surface area contributed by atoms with E-state index in [1.165, 1.54) is 7.11 Å². The van der Waals surface area contributed by atoms with Gasteiger partial charge in [0.15, 0.2) is 0 Å². The zero-order valence-corrected chi connectivity index (χ0v) is 27.9. The molecule has 6 aliphatic rings. The number of methoxy groups -OCH3 is 1. The van der Waals surface area contributed by atoms with Crippen molar-refractivity contribution in [3.8, 4) is 0 Å². The van der Waals surface area contributed by atoms with E-state index < -0.39 is 17.9 Å². The van der Waals surface area contributed by atoms with Gasteiger partial charge in [-0.25, -0.2) is 15.0 Å². The Bertz CT molecular complexity index is 1820. The number of nitrogens with zero attached hydrogens (tertiary/aromatic N) is 3. The first kappa shape index (κ1) is 32.4. The van der Waals surface area contributed by atoms with E-state index in [0.717, 1.165) is 57.2 Å². The molecular formula is C35H34MgN4O5. The van der Waals surface area contributed by atoms with Gasteiger partial charge in [0.05, 0.1) is 47.3 Å². The molecule has 1 aliphatic carbocycles. The normalized spacial score (nSPS) is 25.1. The Morgan fingerprint density at radius 2 is 1.73 bits per heavy atom. The van der Waals surface area contributed by atoms with Crippen LogP contribution in [0, 0.1) is 17.8 Å². The second-order valence-corrected chi connectivity index (χ2v) is 11.8. The molecule has 0 aromatic carbocycles. The molecule has 0 amide bonds. The van der Waals surface area contributed by atoms with Gasteiger partial charge >= 0.3 is 29.0 Å². The number of fused-ring (bicyclic) bond motifs is 5. The van der Waals surface area contributed by atoms with Crippen LogP contribution in [0.3, 0.4) is 0 Å². The predicted octanol–water partition coefficient (Wildman–Crippen LogP) is 3.19. The number of carboxylic acid groups (broad SMARTS) is 1. The number of hydrogen-bond acceptors (Lipinski definition) is 9. The zero-order valence-electron chi connectivity index (χ0n) is 26.5. The van der Waals surface area contributed by atoms with Crippen LogP contribution in [0.15, 0.2) is 119 Å². The first-order chi connectivity index (χ1) is 21.0. The summed E-state index contributed by atoms with van der Waals surface area (Å²) in [4.78, 5) is 39.7. The van der Waals surface area contributed by atoms with E-state index in [1.54, 1.807) is 6.08 Å². The molecule has 226 valence electrons. The van der Waals surface area contributed by atoms with Crippen molar-refractivity contribution in [3.63, 3.8) is 0 Å². The Morgan fingerprint density at radius 3 is 2.38 bits per heavy atom. The number of hydrogen-bond donors (Lipinski definition) is 1. The van der Waals surface area contributed by atoms with Crippen LogP contribution in [0.5, 0.6) is 0 Å². The van der Waals surface area contributed by atoms with E-state index in [4.69, 9.17) is 19.7 Å². The van der Waals surface area contributed by atoms with Gasteiger partial charge in [0.25, 0.3) is 0 Å². The van der Waals surface area contributed by atoms with Crippen LogP contribution in [0.4, 0.5) is 0 Å². The summed E-state index contributed by atoms with van der Waals surface area (Å²) in [7, 11) is 1.26. The summed E-state index contributed by atoms with van der Waals surface area (Å²) in [6, 6.07) is 0. The molecule has 1 fully saturated rings. The molecule has 1 saturated heterocycles. The molecule has 10 heteroatoms. The molecule has 1 N–H and O–H groups in total. The number of aliphatic imine (C=N–C) groups is 3. The molecule has 5 aliphatic heterocycles. The third-order valence-electron chi connectivity index (χ3n) is 9.50. The summed E-state index contributed by atoms with van der Waals surface area (Å²) >= 11 is 0. The van der Waals surface area contributed by atoms with Gasteiger partial charge in [-0.3, -0.25) is 4.79 Å². The SMILES string of the molecule is C=CC1=C(C)C2=NC1=CC1=NC(=CC3=C(C)C4=C([O-])[C@H](C(=O)OC)C(=C5NC(=C2)[C@@H](C)[C@@H]5CCC(=O)[O-])C4=N3)C(CC)=C1C.[Mg+2]. The maximum absolute atomic E-state index is 14.0. The van der Waals surface area contributed by atoms with Crippen molar-refractivity contribution in [2.75, 3.05) is 7.11 Å². The van der Waals surface area contributed by atoms with E-state index in [0.29, 0.717) is 33.8 Å². The van der Waals surface area contributed by atoms with Gasteiger partial charge in [0, 0.05) is 40.3 Å². The van der Waals surface area contributed by atoms with Gasteiger partial charge < -0.3 is 25.1 Å². The number of carbonyl (C=O) groups excluding carboxylic acids is 2. The van der Waals surface area contributed by atoms with Gasteiger partial charge in [0.1, 0.15) is 0 Å². The predicted molar refractivity (Wildman–Crippen MR) is 170 cm³/mol. The van der Waals surface area contributed by atoms with Gasteiger partial charge in [-0.05, 0) is 86.1 Å². The van der Waals surface area contributed by atoms with Crippen LogP contribution in [0.1, 0.15) is 53.9 Å². The second-order valence-electron chi connectivity index (χ2n) is 11.8. The average molecular weight is 615 g/mol. The van der Waals surface area contributed by atoms with Crippen molar-refractivity contribution < 1.29 is 24.5 Å². The van der Waals surface area contributed by atoms with Crippen molar-refractivity contribution in [2.45, 2.75) is 53.9 Å². The van der Waals surface area contributed by atoms with Crippen LogP contribution < -0.4 is 15.5 Å². The minimum Gasteiger partial charge on any atom is -0.874 e. The Hall–Kier alpha value is -4.02. The van der Waals surface area contributed by atoms with Crippen molar-refractivity contribution in [2.24, 2.45) is 32.7 Å².